The number of nitrogens with zero attached hydrogens (tertiary/aromatic N) is 2. The number of hydrogen-bond donors (Lipinski definition) is 0. The fraction of sp³-hybridized carbons (Fsp3) is 0. The largest absolute Gasteiger partial charge is 0.435 e. The first-order valence-corrected chi connectivity index (χ1v) is 18.0. The summed E-state index contributed by atoms with van der Waals surface area (Å²) in [5.74, 6) is 1.30. The molecule has 0 aliphatic heterocycles. The number of hydrogen-bond acceptors (Lipinski definition) is 10. The standard InChI is InChI=1S/C32H14N2O2S6/c1-3-25(39-21(1)29-13-27-23(41-29)5-7-37-27)31-33-17-9-15-12-20-18(10-16(15)11-19(17)35-31)34-32(36-20)26-4-2-22(40-26)30-14-28-24(42-30)6-8-38-28/h1-14H. The molecule has 10 heteroatoms. The van der Waals surface area contributed by atoms with E-state index in [1.807, 2.05) is 22.7 Å². The lowest BCUT2D eigenvalue weighted by Gasteiger charge is -1.96. The first kappa shape index (κ1) is 23.9. The normalized spacial score (nSPS) is 12.3. The van der Waals surface area contributed by atoms with E-state index in [4.69, 9.17) is 18.8 Å². The fourth-order valence-corrected chi connectivity index (χ4v) is 11.5. The van der Waals surface area contributed by atoms with Crippen LogP contribution < -0.4 is 0 Å². The highest BCUT2D eigenvalue weighted by Gasteiger charge is 2.17. The Bertz CT molecular complexity index is 2310. The van der Waals surface area contributed by atoms with E-state index in [2.05, 4.69) is 83.6 Å². The highest BCUT2D eigenvalue weighted by molar-refractivity contribution is 7.31. The minimum atomic E-state index is 0.651. The van der Waals surface area contributed by atoms with Gasteiger partial charge in [-0.2, -0.15) is 0 Å². The number of oxazole rings is 2. The highest BCUT2D eigenvalue weighted by Crippen LogP contribution is 2.43. The van der Waals surface area contributed by atoms with Gasteiger partial charge in [-0.05, 0) is 94.3 Å². The second kappa shape index (κ2) is 8.93. The Kier molecular flexibility index (Phi) is 5.08. The van der Waals surface area contributed by atoms with E-state index < -0.39 is 0 Å². The van der Waals surface area contributed by atoms with Crippen molar-refractivity contribution in [2.45, 2.75) is 0 Å². The molecule has 0 fully saturated rings. The van der Waals surface area contributed by atoms with E-state index in [0.29, 0.717) is 11.8 Å². The maximum absolute atomic E-state index is 6.27. The topological polar surface area (TPSA) is 52.1 Å². The molecule has 10 rings (SSSR count). The zero-order valence-electron chi connectivity index (χ0n) is 21.2. The van der Waals surface area contributed by atoms with Crippen LogP contribution in [0.3, 0.4) is 0 Å². The summed E-state index contributed by atoms with van der Waals surface area (Å²) in [7, 11) is 0. The third kappa shape index (κ3) is 3.73. The van der Waals surface area contributed by atoms with Crippen LogP contribution in [0.25, 0.3) is 92.8 Å². The lowest BCUT2D eigenvalue weighted by molar-refractivity contribution is 0.621. The predicted molar refractivity (Wildman–Crippen MR) is 183 cm³/mol. The van der Waals surface area contributed by atoms with Gasteiger partial charge in [-0.3, -0.25) is 0 Å². The first-order valence-electron chi connectivity index (χ1n) is 13.0. The lowest BCUT2D eigenvalue weighted by Crippen LogP contribution is -1.76. The van der Waals surface area contributed by atoms with Crippen molar-refractivity contribution < 1.29 is 8.83 Å². The number of thiophene rings is 6. The SMILES string of the molecule is c1cc2sc(-c3ccc(-c4nc5cc6cc7oc(-c8ccc(-c9cc%10sccc%10s9)s8)nc7cc6cc5o4)s3)cc2s1. The molecular weight excluding hydrogens is 637 g/mol. The molecule has 0 saturated heterocycles. The lowest BCUT2D eigenvalue weighted by atomic mass is 10.1. The second-order valence-electron chi connectivity index (χ2n) is 9.87. The van der Waals surface area contributed by atoms with E-state index in [9.17, 15) is 0 Å². The molecule has 0 unspecified atom stereocenters. The van der Waals surface area contributed by atoms with Crippen LogP contribution in [0.5, 0.6) is 0 Å². The van der Waals surface area contributed by atoms with Crippen molar-refractivity contribution in [1.29, 1.82) is 0 Å². The van der Waals surface area contributed by atoms with Crippen LogP contribution in [-0.2, 0) is 0 Å². The van der Waals surface area contributed by atoms with E-state index in [1.54, 1.807) is 45.3 Å². The van der Waals surface area contributed by atoms with Crippen molar-refractivity contribution in [3.63, 3.8) is 0 Å². The van der Waals surface area contributed by atoms with Crippen molar-refractivity contribution in [3.05, 3.63) is 83.6 Å². The number of rotatable bonds is 4. The average Bonchev–Trinajstić information content (AvgIpc) is 3.82. The van der Waals surface area contributed by atoms with Gasteiger partial charge in [0.05, 0.1) is 9.75 Å². The quantitative estimate of drug-likeness (QED) is 0.190. The molecule has 8 aromatic heterocycles. The maximum Gasteiger partial charge on any atom is 0.237 e. The molecule has 0 radical (unpaired) electrons. The number of aromatic nitrogens is 2. The zero-order chi connectivity index (χ0) is 27.4. The fourth-order valence-electron chi connectivity index (χ4n) is 5.25. The van der Waals surface area contributed by atoms with Gasteiger partial charge in [0.2, 0.25) is 11.8 Å². The molecule has 0 atom stereocenters. The van der Waals surface area contributed by atoms with E-state index in [-0.39, 0.29) is 0 Å². The summed E-state index contributed by atoms with van der Waals surface area (Å²) >= 11 is 10.7. The molecule has 0 bridgehead atoms. The molecule has 0 spiro atoms. The molecule has 200 valence electrons. The molecule has 0 aliphatic carbocycles. The molecular formula is C32H14N2O2S6. The van der Waals surface area contributed by atoms with Gasteiger partial charge in [0, 0.05) is 38.3 Å². The molecule has 8 heterocycles. The minimum absolute atomic E-state index is 0.651. The van der Waals surface area contributed by atoms with Gasteiger partial charge in [-0.25, -0.2) is 9.97 Å². The van der Waals surface area contributed by atoms with Gasteiger partial charge < -0.3 is 8.83 Å². The number of benzene rings is 2. The molecule has 4 nitrogen and oxygen atoms in total. The van der Waals surface area contributed by atoms with Gasteiger partial charge in [-0.1, -0.05) is 0 Å². The van der Waals surface area contributed by atoms with Gasteiger partial charge in [0.1, 0.15) is 11.0 Å². The summed E-state index contributed by atoms with van der Waals surface area (Å²) in [6.45, 7) is 0. The molecule has 42 heavy (non-hydrogen) atoms. The van der Waals surface area contributed by atoms with Crippen molar-refractivity contribution in [2.75, 3.05) is 0 Å². The monoisotopic (exact) mass is 650 g/mol. The van der Waals surface area contributed by atoms with E-state index >= 15 is 0 Å². The average molecular weight is 651 g/mol. The summed E-state index contributed by atoms with van der Waals surface area (Å²) < 4.78 is 17.9. The highest BCUT2D eigenvalue weighted by atomic mass is 32.1. The van der Waals surface area contributed by atoms with Crippen molar-refractivity contribution in [1.82, 2.24) is 9.97 Å². The molecule has 0 aliphatic rings. The molecule has 0 amide bonds. The minimum Gasteiger partial charge on any atom is -0.435 e. The van der Waals surface area contributed by atoms with Crippen molar-refractivity contribution >= 4 is 120 Å². The summed E-state index contributed by atoms with van der Waals surface area (Å²) in [6, 6.07) is 25.7. The van der Waals surface area contributed by atoms with Crippen LogP contribution >= 0.6 is 68.0 Å². The maximum atomic E-state index is 6.27. The third-order valence-electron chi connectivity index (χ3n) is 7.25. The summed E-state index contributed by atoms with van der Waals surface area (Å²) in [6.07, 6.45) is 0. The van der Waals surface area contributed by atoms with Crippen LogP contribution in [0, 0.1) is 0 Å². The summed E-state index contributed by atoms with van der Waals surface area (Å²) in [4.78, 5) is 16.8. The van der Waals surface area contributed by atoms with Crippen LogP contribution in [0.1, 0.15) is 0 Å². The molecule has 10 aromatic rings. The van der Waals surface area contributed by atoms with Crippen LogP contribution in [0.4, 0.5) is 0 Å². The van der Waals surface area contributed by atoms with Gasteiger partial charge in [0.15, 0.2) is 11.2 Å². The molecule has 0 N–H and O–H groups in total. The Balaban J connectivity index is 0.990. The second-order valence-corrected chi connectivity index (χ2v) is 16.1. The number of fused-ring (bicyclic) bond motifs is 5. The van der Waals surface area contributed by atoms with Crippen LogP contribution in [0.15, 0.2) is 92.4 Å². The Morgan fingerprint density at radius 1 is 0.429 bits per heavy atom. The predicted octanol–water partition coefficient (Wildman–Crippen LogP) is 12.5. The van der Waals surface area contributed by atoms with Crippen LogP contribution in [0.2, 0.25) is 0 Å². The molecule has 2 aromatic carbocycles. The zero-order valence-corrected chi connectivity index (χ0v) is 26.1. The van der Waals surface area contributed by atoms with Crippen molar-refractivity contribution in [3.8, 4) is 41.0 Å². The van der Waals surface area contributed by atoms with Crippen molar-refractivity contribution in [2.24, 2.45) is 0 Å². The Morgan fingerprint density at radius 3 is 1.38 bits per heavy atom. The van der Waals surface area contributed by atoms with Gasteiger partial charge in [0.25, 0.3) is 0 Å². The van der Waals surface area contributed by atoms with E-state index in [1.165, 1.54) is 38.3 Å². The Labute approximate surface area is 261 Å². The van der Waals surface area contributed by atoms with Crippen LogP contribution in [-0.4, -0.2) is 9.97 Å². The Hall–Kier alpha value is -3.64. The first-order chi connectivity index (χ1) is 20.7. The molecule has 0 saturated carbocycles. The third-order valence-corrected chi connectivity index (χ3v) is 14.0. The summed E-state index contributed by atoms with van der Waals surface area (Å²) in [5, 5.41) is 6.39. The summed E-state index contributed by atoms with van der Waals surface area (Å²) in [5.41, 5.74) is 3.21. The Morgan fingerprint density at radius 2 is 0.905 bits per heavy atom. The smallest absolute Gasteiger partial charge is 0.237 e. The van der Waals surface area contributed by atoms with Gasteiger partial charge in [-0.15, -0.1) is 68.0 Å². The van der Waals surface area contributed by atoms with Gasteiger partial charge >= 0.3 is 0 Å². The van der Waals surface area contributed by atoms with E-state index in [0.717, 1.165) is 42.7 Å².